The van der Waals surface area contributed by atoms with Crippen LogP contribution in [0.3, 0.4) is 0 Å². The van der Waals surface area contributed by atoms with Gasteiger partial charge in [-0.2, -0.15) is 5.26 Å². The molecule has 3 aromatic rings. The maximum atomic E-state index is 12.3. The Morgan fingerprint density at radius 1 is 1.44 bits per heavy atom. The van der Waals surface area contributed by atoms with Gasteiger partial charge in [0.05, 0.1) is 7.11 Å². The van der Waals surface area contributed by atoms with E-state index >= 15 is 0 Å². The summed E-state index contributed by atoms with van der Waals surface area (Å²) in [5.41, 5.74) is 2.56. The first kappa shape index (κ1) is 16.3. The van der Waals surface area contributed by atoms with E-state index in [9.17, 15) is 10.1 Å². The molecule has 0 spiro atoms. The number of hydrogen-bond donors (Lipinski definition) is 2. The number of benzene rings is 1. The van der Waals surface area contributed by atoms with Gasteiger partial charge in [-0.3, -0.25) is 9.78 Å². The van der Waals surface area contributed by atoms with Crippen molar-refractivity contribution < 1.29 is 9.53 Å². The SMILES string of the molecule is COc1ccc2[nH]cc(/C=C(\C#N)C(=O)NCc3cccnc3)c2c1. The van der Waals surface area contributed by atoms with Gasteiger partial charge in [-0.15, -0.1) is 0 Å². The summed E-state index contributed by atoms with van der Waals surface area (Å²) in [6.45, 7) is 0.313. The van der Waals surface area contributed by atoms with E-state index < -0.39 is 5.91 Å². The lowest BCUT2D eigenvalue weighted by Gasteiger charge is -2.04. The Morgan fingerprint density at radius 2 is 2.32 bits per heavy atom. The number of ether oxygens (including phenoxy) is 1. The zero-order valence-electron chi connectivity index (χ0n) is 13.6. The zero-order valence-corrected chi connectivity index (χ0v) is 13.6. The van der Waals surface area contributed by atoms with E-state index in [-0.39, 0.29) is 5.57 Å². The van der Waals surface area contributed by atoms with Crippen LogP contribution in [0.5, 0.6) is 5.75 Å². The first-order valence-electron chi connectivity index (χ1n) is 7.65. The third-order valence-electron chi connectivity index (χ3n) is 3.76. The van der Waals surface area contributed by atoms with Crippen molar-refractivity contribution in [3.05, 3.63) is 65.6 Å². The molecule has 2 aromatic heterocycles. The van der Waals surface area contributed by atoms with Crippen LogP contribution in [0.1, 0.15) is 11.1 Å². The van der Waals surface area contributed by atoms with E-state index in [4.69, 9.17) is 4.74 Å². The van der Waals surface area contributed by atoms with Crippen LogP contribution in [0.15, 0.2) is 54.5 Å². The van der Waals surface area contributed by atoms with Crippen LogP contribution in [0.4, 0.5) is 0 Å². The minimum Gasteiger partial charge on any atom is -0.497 e. The summed E-state index contributed by atoms with van der Waals surface area (Å²) in [6.07, 6.45) is 6.66. The predicted molar refractivity (Wildman–Crippen MR) is 94.5 cm³/mol. The summed E-state index contributed by atoms with van der Waals surface area (Å²) < 4.78 is 5.23. The second-order valence-electron chi connectivity index (χ2n) is 5.37. The van der Waals surface area contributed by atoms with Crippen molar-refractivity contribution in [3.8, 4) is 11.8 Å². The molecule has 6 heteroatoms. The van der Waals surface area contributed by atoms with E-state index in [0.717, 1.165) is 22.0 Å². The number of nitriles is 1. The number of hydrogen-bond acceptors (Lipinski definition) is 4. The van der Waals surface area contributed by atoms with E-state index in [1.165, 1.54) is 0 Å². The molecule has 0 bridgehead atoms. The fourth-order valence-corrected chi connectivity index (χ4v) is 2.45. The molecule has 0 radical (unpaired) electrons. The normalized spacial score (nSPS) is 11.1. The van der Waals surface area contributed by atoms with Crippen molar-refractivity contribution in [2.45, 2.75) is 6.54 Å². The standard InChI is InChI=1S/C19H16N4O2/c1-25-16-4-5-18-17(8-16)15(12-22-18)7-14(9-20)19(24)23-11-13-3-2-6-21-10-13/h2-8,10,12,22H,11H2,1H3,(H,23,24)/b14-7+. The lowest BCUT2D eigenvalue weighted by atomic mass is 10.1. The molecule has 0 aliphatic heterocycles. The number of H-pyrrole nitrogens is 1. The number of amides is 1. The number of carbonyl (C=O) groups excluding carboxylic acids is 1. The fraction of sp³-hybridized carbons (Fsp3) is 0.105. The van der Waals surface area contributed by atoms with Gasteiger partial charge in [-0.05, 0) is 35.9 Å². The largest absolute Gasteiger partial charge is 0.497 e. The molecule has 0 aliphatic carbocycles. The van der Waals surface area contributed by atoms with Gasteiger partial charge < -0.3 is 15.0 Å². The van der Waals surface area contributed by atoms with Gasteiger partial charge in [0.15, 0.2) is 0 Å². The van der Waals surface area contributed by atoms with Gasteiger partial charge in [0.25, 0.3) is 5.91 Å². The molecule has 0 saturated carbocycles. The molecule has 2 heterocycles. The van der Waals surface area contributed by atoms with Crippen molar-refractivity contribution in [1.82, 2.24) is 15.3 Å². The molecular weight excluding hydrogens is 316 g/mol. The quantitative estimate of drug-likeness (QED) is 0.555. The summed E-state index contributed by atoms with van der Waals surface area (Å²) in [5, 5.41) is 12.9. The zero-order chi connectivity index (χ0) is 17.6. The molecule has 3 rings (SSSR count). The molecule has 124 valence electrons. The van der Waals surface area contributed by atoms with Crippen LogP contribution < -0.4 is 10.1 Å². The maximum absolute atomic E-state index is 12.3. The first-order valence-corrected chi connectivity index (χ1v) is 7.65. The van der Waals surface area contributed by atoms with Crippen LogP contribution in [0.25, 0.3) is 17.0 Å². The Labute approximate surface area is 144 Å². The Bertz CT molecular complexity index is 968. The first-order chi connectivity index (χ1) is 12.2. The number of aromatic amines is 1. The van der Waals surface area contributed by atoms with E-state index in [1.807, 2.05) is 30.3 Å². The van der Waals surface area contributed by atoms with Gasteiger partial charge in [0.1, 0.15) is 17.4 Å². The van der Waals surface area contributed by atoms with E-state index in [2.05, 4.69) is 15.3 Å². The summed E-state index contributed by atoms with van der Waals surface area (Å²) in [6, 6.07) is 11.2. The van der Waals surface area contributed by atoms with Gasteiger partial charge >= 0.3 is 0 Å². The fourth-order valence-electron chi connectivity index (χ4n) is 2.45. The summed E-state index contributed by atoms with van der Waals surface area (Å²) in [4.78, 5) is 19.4. The molecule has 0 unspecified atom stereocenters. The minimum atomic E-state index is -0.427. The molecule has 6 nitrogen and oxygen atoms in total. The van der Waals surface area contributed by atoms with Gasteiger partial charge in [-0.25, -0.2) is 0 Å². The summed E-state index contributed by atoms with van der Waals surface area (Å²) >= 11 is 0. The number of nitrogens with zero attached hydrogens (tertiary/aromatic N) is 2. The van der Waals surface area contributed by atoms with Crippen molar-refractivity contribution in [1.29, 1.82) is 5.26 Å². The highest BCUT2D eigenvalue weighted by Crippen LogP contribution is 2.25. The maximum Gasteiger partial charge on any atom is 0.262 e. The van der Waals surface area contributed by atoms with Gasteiger partial charge in [0, 0.05) is 41.6 Å². The van der Waals surface area contributed by atoms with Crippen molar-refractivity contribution >= 4 is 22.9 Å². The molecule has 0 aliphatic rings. The molecule has 1 amide bonds. The van der Waals surface area contributed by atoms with Crippen molar-refractivity contribution in [2.24, 2.45) is 0 Å². The second-order valence-corrected chi connectivity index (χ2v) is 5.37. The van der Waals surface area contributed by atoms with Gasteiger partial charge in [0.2, 0.25) is 0 Å². The van der Waals surface area contributed by atoms with E-state index in [0.29, 0.717) is 12.3 Å². The number of rotatable bonds is 5. The number of nitrogens with one attached hydrogen (secondary N) is 2. The van der Waals surface area contributed by atoms with Crippen molar-refractivity contribution in [2.75, 3.05) is 7.11 Å². The number of aromatic nitrogens is 2. The number of fused-ring (bicyclic) bond motifs is 1. The minimum absolute atomic E-state index is 0.0348. The van der Waals surface area contributed by atoms with Crippen molar-refractivity contribution in [3.63, 3.8) is 0 Å². The molecule has 2 N–H and O–H groups in total. The molecule has 25 heavy (non-hydrogen) atoms. The second kappa shape index (κ2) is 7.32. The van der Waals surface area contributed by atoms with Crippen LogP contribution in [-0.4, -0.2) is 23.0 Å². The molecular formula is C19H16N4O2. The highest BCUT2D eigenvalue weighted by molar-refractivity contribution is 6.04. The lowest BCUT2D eigenvalue weighted by Crippen LogP contribution is -2.23. The Balaban J connectivity index is 1.82. The van der Waals surface area contributed by atoms with Crippen LogP contribution >= 0.6 is 0 Å². The molecule has 0 saturated heterocycles. The Morgan fingerprint density at radius 3 is 3.04 bits per heavy atom. The average Bonchev–Trinajstić information content (AvgIpc) is 3.06. The molecule has 0 atom stereocenters. The highest BCUT2D eigenvalue weighted by Gasteiger charge is 2.11. The predicted octanol–water partition coefficient (Wildman–Crippen LogP) is 2.79. The summed E-state index contributed by atoms with van der Waals surface area (Å²) in [5.74, 6) is 0.282. The smallest absolute Gasteiger partial charge is 0.262 e. The number of carbonyl (C=O) groups is 1. The monoisotopic (exact) mass is 332 g/mol. The Kier molecular flexibility index (Phi) is 4.77. The van der Waals surface area contributed by atoms with Crippen LogP contribution in [-0.2, 0) is 11.3 Å². The highest BCUT2D eigenvalue weighted by atomic mass is 16.5. The van der Waals surface area contributed by atoms with Crippen LogP contribution in [0, 0.1) is 11.3 Å². The average molecular weight is 332 g/mol. The molecule has 1 aromatic carbocycles. The third kappa shape index (κ3) is 3.67. The van der Waals surface area contributed by atoms with Crippen LogP contribution in [0.2, 0.25) is 0 Å². The Hall–Kier alpha value is -3.59. The van der Waals surface area contributed by atoms with E-state index in [1.54, 1.807) is 37.8 Å². The lowest BCUT2D eigenvalue weighted by molar-refractivity contribution is -0.117. The number of methoxy groups -OCH3 is 1. The molecule has 0 fully saturated rings. The third-order valence-corrected chi connectivity index (χ3v) is 3.76. The number of pyridine rings is 1. The van der Waals surface area contributed by atoms with Gasteiger partial charge in [-0.1, -0.05) is 6.07 Å². The topological polar surface area (TPSA) is 90.8 Å². The summed E-state index contributed by atoms with van der Waals surface area (Å²) in [7, 11) is 1.59.